The van der Waals surface area contributed by atoms with Crippen molar-refractivity contribution in [1.82, 2.24) is 10.2 Å². The molecule has 1 aromatic rings. The largest absolute Gasteiger partial charge is 0.385 e. The highest BCUT2D eigenvalue weighted by Crippen LogP contribution is 2.02. The predicted molar refractivity (Wildman–Crippen MR) is 76.8 cm³/mol. The Labute approximate surface area is 111 Å². The van der Waals surface area contributed by atoms with Crippen LogP contribution < -0.4 is 5.32 Å². The van der Waals surface area contributed by atoms with Gasteiger partial charge in [-0.1, -0.05) is 30.3 Å². The van der Waals surface area contributed by atoms with Crippen LogP contribution in [0, 0.1) is 0 Å². The summed E-state index contributed by atoms with van der Waals surface area (Å²) in [6.07, 6.45) is 2.28. The van der Waals surface area contributed by atoms with Crippen molar-refractivity contribution in [3.8, 4) is 0 Å². The van der Waals surface area contributed by atoms with Crippen LogP contribution in [-0.4, -0.2) is 45.3 Å². The molecule has 102 valence electrons. The molecule has 1 N–H and O–H groups in total. The molecule has 0 radical (unpaired) electrons. The maximum Gasteiger partial charge on any atom is 0.0474 e. The lowest BCUT2D eigenvalue weighted by Gasteiger charge is -2.16. The van der Waals surface area contributed by atoms with Crippen LogP contribution in [0.1, 0.15) is 18.4 Å². The molecule has 0 saturated carbocycles. The summed E-state index contributed by atoms with van der Waals surface area (Å²) in [5.41, 5.74) is 1.38. The molecule has 0 atom stereocenters. The van der Waals surface area contributed by atoms with Crippen LogP contribution in [0.3, 0.4) is 0 Å². The second-order valence-corrected chi connectivity index (χ2v) is 4.67. The van der Waals surface area contributed by atoms with Crippen molar-refractivity contribution in [2.45, 2.75) is 19.4 Å². The Morgan fingerprint density at radius 2 is 1.83 bits per heavy atom. The van der Waals surface area contributed by atoms with Gasteiger partial charge in [0.1, 0.15) is 0 Å². The maximum absolute atomic E-state index is 5.00. The number of rotatable bonds is 10. The molecule has 0 aromatic heterocycles. The second kappa shape index (κ2) is 10.1. The Morgan fingerprint density at radius 3 is 2.56 bits per heavy atom. The smallest absolute Gasteiger partial charge is 0.0474 e. The summed E-state index contributed by atoms with van der Waals surface area (Å²) in [4.78, 5) is 2.37. The SMILES string of the molecule is COCCCNCCCN(C)Cc1ccccc1. The number of nitrogens with one attached hydrogen (secondary N) is 1. The summed E-state index contributed by atoms with van der Waals surface area (Å²) in [6.45, 7) is 5.15. The lowest BCUT2D eigenvalue weighted by molar-refractivity contribution is 0.194. The van der Waals surface area contributed by atoms with E-state index in [2.05, 4.69) is 47.6 Å². The van der Waals surface area contributed by atoms with Crippen LogP contribution in [-0.2, 0) is 11.3 Å². The number of benzene rings is 1. The molecule has 1 aromatic carbocycles. The number of methoxy groups -OCH3 is 1. The van der Waals surface area contributed by atoms with Gasteiger partial charge in [0.2, 0.25) is 0 Å². The van der Waals surface area contributed by atoms with Gasteiger partial charge in [0.15, 0.2) is 0 Å². The molecule has 3 heteroatoms. The van der Waals surface area contributed by atoms with Gasteiger partial charge in [-0.3, -0.25) is 0 Å². The average Bonchev–Trinajstić information content (AvgIpc) is 2.39. The molecule has 3 nitrogen and oxygen atoms in total. The Kier molecular flexibility index (Phi) is 8.47. The molecule has 18 heavy (non-hydrogen) atoms. The van der Waals surface area contributed by atoms with Crippen molar-refractivity contribution >= 4 is 0 Å². The number of nitrogens with zero attached hydrogens (tertiary/aromatic N) is 1. The lowest BCUT2D eigenvalue weighted by Crippen LogP contribution is -2.24. The van der Waals surface area contributed by atoms with Crippen LogP contribution in [0.25, 0.3) is 0 Å². The molecule has 0 unspecified atom stereocenters. The van der Waals surface area contributed by atoms with Crippen LogP contribution >= 0.6 is 0 Å². The lowest BCUT2D eigenvalue weighted by atomic mass is 10.2. The third-order valence-electron chi connectivity index (χ3n) is 2.89. The zero-order chi connectivity index (χ0) is 13.1. The molecule has 0 aliphatic rings. The molecular weight excluding hydrogens is 224 g/mol. The van der Waals surface area contributed by atoms with E-state index < -0.39 is 0 Å². The Morgan fingerprint density at radius 1 is 1.11 bits per heavy atom. The van der Waals surface area contributed by atoms with E-state index in [-0.39, 0.29) is 0 Å². The minimum absolute atomic E-state index is 0.848. The number of hydrogen-bond donors (Lipinski definition) is 1. The van der Waals surface area contributed by atoms with Gasteiger partial charge in [0.25, 0.3) is 0 Å². The molecule has 0 aliphatic carbocycles. The van der Waals surface area contributed by atoms with Crippen LogP contribution in [0.5, 0.6) is 0 Å². The fourth-order valence-corrected chi connectivity index (χ4v) is 1.91. The normalized spacial score (nSPS) is 11.1. The molecular formula is C15H26N2O. The predicted octanol–water partition coefficient (Wildman–Crippen LogP) is 2.13. The third kappa shape index (κ3) is 7.43. The summed E-state index contributed by atoms with van der Waals surface area (Å²) in [7, 11) is 3.93. The van der Waals surface area contributed by atoms with Gasteiger partial charge < -0.3 is 15.0 Å². The first-order valence-electron chi connectivity index (χ1n) is 6.75. The van der Waals surface area contributed by atoms with Gasteiger partial charge in [-0.2, -0.15) is 0 Å². The minimum atomic E-state index is 0.848. The molecule has 0 spiro atoms. The van der Waals surface area contributed by atoms with Crippen LogP contribution in [0.2, 0.25) is 0 Å². The van der Waals surface area contributed by atoms with Gasteiger partial charge >= 0.3 is 0 Å². The van der Waals surface area contributed by atoms with Crippen molar-refractivity contribution < 1.29 is 4.74 Å². The van der Waals surface area contributed by atoms with Gasteiger partial charge in [0.05, 0.1) is 0 Å². The van der Waals surface area contributed by atoms with Gasteiger partial charge in [0, 0.05) is 20.3 Å². The van der Waals surface area contributed by atoms with E-state index in [1.807, 2.05) is 0 Å². The van der Waals surface area contributed by atoms with E-state index in [9.17, 15) is 0 Å². The van der Waals surface area contributed by atoms with E-state index in [1.54, 1.807) is 7.11 Å². The Bertz CT molecular complexity index is 290. The van der Waals surface area contributed by atoms with E-state index in [0.717, 1.165) is 39.2 Å². The third-order valence-corrected chi connectivity index (χ3v) is 2.89. The molecule has 0 fully saturated rings. The van der Waals surface area contributed by atoms with Crippen molar-refractivity contribution in [3.63, 3.8) is 0 Å². The highest BCUT2D eigenvalue weighted by molar-refractivity contribution is 5.14. The number of ether oxygens (including phenoxy) is 1. The zero-order valence-corrected chi connectivity index (χ0v) is 11.7. The molecule has 0 aliphatic heterocycles. The first-order valence-corrected chi connectivity index (χ1v) is 6.75. The monoisotopic (exact) mass is 250 g/mol. The molecule has 0 saturated heterocycles. The standard InChI is InChI=1S/C15H26N2O/c1-17(14-15-8-4-3-5-9-15)12-6-10-16-11-7-13-18-2/h3-5,8-9,16H,6-7,10-14H2,1-2H3. The van der Waals surface area contributed by atoms with Gasteiger partial charge in [-0.15, -0.1) is 0 Å². The summed E-state index contributed by atoms with van der Waals surface area (Å²) in [5.74, 6) is 0. The maximum atomic E-state index is 5.00. The first-order chi connectivity index (χ1) is 8.83. The number of hydrogen-bond acceptors (Lipinski definition) is 3. The molecule has 0 bridgehead atoms. The van der Waals surface area contributed by atoms with Crippen molar-refractivity contribution in [3.05, 3.63) is 35.9 Å². The zero-order valence-electron chi connectivity index (χ0n) is 11.7. The minimum Gasteiger partial charge on any atom is -0.385 e. The van der Waals surface area contributed by atoms with Crippen molar-refractivity contribution in [2.24, 2.45) is 0 Å². The highest BCUT2D eigenvalue weighted by atomic mass is 16.5. The first kappa shape index (κ1) is 15.2. The van der Waals surface area contributed by atoms with Gasteiger partial charge in [-0.05, 0) is 45.1 Å². The average molecular weight is 250 g/mol. The molecule has 0 amide bonds. The summed E-state index contributed by atoms with van der Waals surface area (Å²) >= 11 is 0. The van der Waals surface area contributed by atoms with Gasteiger partial charge in [-0.25, -0.2) is 0 Å². The highest BCUT2D eigenvalue weighted by Gasteiger charge is 1.99. The van der Waals surface area contributed by atoms with Crippen LogP contribution in [0.15, 0.2) is 30.3 Å². The topological polar surface area (TPSA) is 24.5 Å². The van der Waals surface area contributed by atoms with Crippen LogP contribution in [0.4, 0.5) is 0 Å². The molecule has 0 heterocycles. The quantitative estimate of drug-likeness (QED) is 0.644. The summed E-state index contributed by atoms with van der Waals surface area (Å²) < 4.78 is 5.00. The van der Waals surface area contributed by atoms with E-state index >= 15 is 0 Å². The van der Waals surface area contributed by atoms with E-state index in [4.69, 9.17) is 4.74 Å². The fraction of sp³-hybridized carbons (Fsp3) is 0.600. The Balaban J connectivity index is 1.99. The molecule has 1 rings (SSSR count). The van der Waals surface area contributed by atoms with E-state index in [0.29, 0.717) is 0 Å². The van der Waals surface area contributed by atoms with Crippen molar-refractivity contribution in [2.75, 3.05) is 40.4 Å². The fourth-order valence-electron chi connectivity index (χ4n) is 1.91. The summed E-state index contributed by atoms with van der Waals surface area (Å²) in [6, 6.07) is 10.6. The second-order valence-electron chi connectivity index (χ2n) is 4.67. The van der Waals surface area contributed by atoms with E-state index in [1.165, 1.54) is 12.0 Å². The van der Waals surface area contributed by atoms with Crippen molar-refractivity contribution in [1.29, 1.82) is 0 Å². The Hall–Kier alpha value is -0.900. The summed E-state index contributed by atoms with van der Waals surface area (Å²) in [5, 5.41) is 3.43.